The Morgan fingerprint density at radius 3 is 2.46 bits per heavy atom. The van der Waals surface area contributed by atoms with Gasteiger partial charge in [-0.2, -0.15) is 0 Å². The molecule has 0 atom stereocenters. The van der Waals surface area contributed by atoms with Crippen molar-refractivity contribution in [2.24, 2.45) is 11.8 Å². The molecule has 0 bridgehead atoms. The van der Waals surface area contributed by atoms with Crippen molar-refractivity contribution < 1.29 is 4.79 Å². The van der Waals surface area contributed by atoms with E-state index in [4.69, 9.17) is 6.42 Å². The Bertz CT molecular complexity index is 204. The topological polar surface area (TPSA) is 17.1 Å². The van der Waals surface area contributed by atoms with E-state index in [0.29, 0.717) is 6.42 Å². The van der Waals surface area contributed by atoms with Gasteiger partial charge in [0.25, 0.3) is 0 Å². The first kappa shape index (κ1) is 10.3. The van der Waals surface area contributed by atoms with Crippen LogP contribution < -0.4 is 0 Å². The van der Waals surface area contributed by atoms with Gasteiger partial charge in [-0.15, -0.1) is 6.42 Å². The van der Waals surface area contributed by atoms with Gasteiger partial charge in [-0.25, -0.2) is 0 Å². The molecule has 1 rings (SSSR count). The van der Waals surface area contributed by atoms with E-state index >= 15 is 0 Å². The highest BCUT2D eigenvalue weighted by Gasteiger charge is 2.24. The summed E-state index contributed by atoms with van der Waals surface area (Å²) in [6.07, 6.45) is 11.3. The van der Waals surface area contributed by atoms with Gasteiger partial charge >= 0.3 is 0 Å². The standard InChI is InChI=1S/C12H18O/c1-3-5-12(13)11-8-6-10(4-2)7-9-11/h1,10-11H,4-9H2,2H3. The monoisotopic (exact) mass is 178 g/mol. The average Bonchev–Trinajstić information content (AvgIpc) is 2.18. The highest BCUT2D eigenvalue weighted by Crippen LogP contribution is 2.31. The zero-order valence-electron chi connectivity index (χ0n) is 8.38. The highest BCUT2D eigenvalue weighted by atomic mass is 16.1. The largest absolute Gasteiger partial charge is 0.298 e. The van der Waals surface area contributed by atoms with Gasteiger partial charge in [-0.05, 0) is 31.6 Å². The Balaban J connectivity index is 2.33. The molecule has 1 saturated carbocycles. The number of ketones is 1. The first-order valence-electron chi connectivity index (χ1n) is 5.24. The molecular weight excluding hydrogens is 160 g/mol. The Morgan fingerprint density at radius 1 is 1.38 bits per heavy atom. The van der Waals surface area contributed by atoms with E-state index in [1.165, 1.54) is 19.3 Å². The first-order valence-corrected chi connectivity index (χ1v) is 5.24. The SMILES string of the molecule is C#CCC(=O)C1CCC(CC)CC1. The minimum absolute atomic E-state index is 0.277. The van der Waals surface area contributed by atoms with Crippen molar-refractivity contribution in [3.63, 3.8) is 0 Å². The minimum atomic E-state index is 0.277. The maximum Gasteiger partial charge on any atom is 0.147 e. The third-order valence-electron chi connectivity index (χ3n) is 3.16. The van der Waals surface area contributed by atoms with Gasteiger partial charge < -0.3 is 0 Å². The predicted octanol–water partition coefficient (Wildman–Crippen LogP) is 2.80. The molecule has 0 radical (unpaired) electrons. The van der Waals surface area contributed by atoms with E-state index in [-0.39, 0.29) is 11.7 Å². The summed E-state index contributed by atoms with van der Waals surface area (Å²) in [6.45, 7) is 2.23. The van der Waals surface area contributed by atoms with Crippen molar-refractivity contribution in [2.75, 3.05) is 0 Å². The molecule has 72 valence electrons. The minimum Gasteiger partial charge on any atom is -0.298 e. The maximum absolute atomic E-state index is 11.5. The Labute approximate surface area is 80.9 Å². The second kappa shape index (κ2) is 5.07. The Hall–Kier alpha value is -0.770. The van der Waals surface area contributed by atoms with E-state index in [2.05, 4.69) is 12.8 Å². The summed E-state index contributed by atoms with van der Waals surface area (Å²) < 4.78 is 0. The van der Waals surface area contributed by atoms with E-state index in [0.717, 1.165) is 18.8 Å². The number of carbonyl (C=O) groups is 1. The quantitative estimate of drug-likeness (QED) is 0.607. The van der Waals surface area contributed by atoms with Gasteiger partial charge in [0.1, 0.15) is 5.78 Å². The Kier molecular flexibility index (Phi) is 4.02. The van der Waals surface area contributed by atoms with Crippen molar-refractivity contribution in [3.8, 4) is 12.3 Å². The second-order valence-electron chi connectivity index (χ2n) is 3.97. The molecule has 0 aliphatic heterocycles. The molecule has 0 saturated heterocycles. The third kappa shape index (κ3) is 2.88. The molecule has 0 N–H and O–H groups in total. The number of terminal acetylenes is 1. The molecular formula is C12H18O. The lowest BCUT2D eigenvalue weighted by Gasteiger charge is -2.26. The summed E-state index contributed by atoms with van der Waals surface area (Å²) >= 11 is 0. The van der Waals surface area contributed by atoms with Crippen molar-refractivity contribution >= 4 is 5.78 Å². The fraction of sp³-hybridized carbons (Fsp3) is 0.750. The van der Waals surface area contributed by atoms with Gasteiger partial charge in [-0.1, -0.05) is 19.3 Å². The second-order valence-corrected chi connectivity index (χ2v) is 3.97. The molecule has 0 spiro atoms. The summed E-state index contributed by atoms with van der Waals surface area (Å²) in [5.41, 5.74) is 0. The Morgan fingerprint density at radius 2 is 2.00 bits per heavy atom. The summed E-state index contributed by atoms with van der Waals surface area (Å²) in [6, 6.07) is 0. The lowest BCUT2D eigenvalue weighted by Crippen LogP contribution is -2.21. The van der Waals surface area contributed by atoms with Crippen LogP contribution in [0.15, 0.2) is 0 Å². The van der Waals surface area contributed by atoms with Gasteiger partial charge in [0, 0.05) is 5.92 Å². The van der Waals surface area contributed by atoms with Gasteiger partial charge in [0.15, 0.2) is 0 Å². The fourth-order valence-corrected chi connectivity index (χ4v) is 2.14. The number of carbonyl (C=O) groups excluding carboxylic acids is 1. The number of Topliss-reactive ketones (excluding diaryl/α,β-unsaturated/α-hetero) is 1. The van der Waals surface area contributed by atoms with Crippen molar-refractivity contribution in [2.45, 2.75) is 45.4 Å². The summed E-state index contributed by atoms with van der Waals surface area (Å²) in [5.74, 6) is 3.86. The van der Waals surface area contributed by atoms with Crippen LogP contribution in [0.5, 0.6) is 0 Å². The summed E-state index contributed by atoms with van der Waals surface area (Å²) in [7, 11) is 0. The van der Waals surface area contributed by atoms with Gasteiger partial charge in [-0.3, -0.25) is 4.79 Å². The number of rotatable bonds is 3. The van der Waals surface area contributed by atoms with Crippen LogP contribution in [0.1, 0.15) is 45.4 Å². The van der Waals surface area contributed by atoms with E-state index < -0.39 is 0 Å². The number of hydrogen-bond acceptors (Lipinski definition) is 1. The van der Waals surface area contributed by atoms with Crippen LogP contribution in [0.3, 0.4) is 0 Å². The molecule has 13 heavy (non-hydrogen) atoms. The first-order chi connectivity index (χ1) is 6.27. The van der Waals surface area contributed by atoms with Crippen LogP contribution in [0.2, 0.25) is 0 Å². The van der Waals surface area contributed by atoms with E-state index in [1.807, 2.05) is 0 Å². The molecule has 0 aromatic carbocycles. The molecule has 1 aliphatic carbocycles. The summed E-state index contributed by atoms with van der Waals surface area (Å²) in [5, 5.41) is 0. The molecule has 0 amide bonds. The smallest absolute Gasteiger partial charge is 0.147 e. The third-order valence-corrected chi connectivity index (χ3v) is 3.16. The lowest BCUT2D eigenvalue weighted by molar-refractivity contribution is -0.123. The molecule has 1 aliphatic rings. The van der Waals surface area contributed by atoms with Crippen molar-refractivity contribution in [3.05, 3.63) is 0 Å². The number of hydrogen-bond donors (Lipinski definition) is 0. The van der Waals surface area contributed by atoms with Gasteiger partial charge in [0.05, 0.1) is 6.42 Å². The molecule has 0 unspecified atom stereocenters. The average molecular weight is 178 g/mol. The van der Waals surface area contributed by atoms with Crippen LogP contribution in [0.25, 0.3) is 0 Å². The van der Waals surface area contributed by atoms with Crippen LogP contribution in [-0.4, -0.2) is 5.78 Å². The molecule has 0 heterocycles. The van der Waals surface area contributed by atoms with Crippen LogP contribution in [-0.2, 0) is 4.79 Å². The van der Waals surface area contributed by atoms with Gasteiger partial charge in [0.2, 0.25) is 0 Å². The molecule has 0 aromatic rings. The van der Waals surface area contributed by atoms with Crippen LogP contribution in [0.4, 0.5) is 0 Å². The predicted molar refractivity (Wildman–Crippen MR) is 54.2 cm³/mol. The zero-order chi connectivity index (χ0) is 9.68. The zero-order valence-corrected chi connectivity index (χ0v) is 8.38. The fourth-order valence-electron chi connectivity index (χ4n) is 2.14. The highest BCUT2D eigenvalue weighted by molar-refractivity contribution is 5.83. The molecule has 0 aromatic heterocycles. The summed E-state index contributed by atoms with van der Waals surface area (Å²) in [4.78, 5) is 11.5. The maximum atomic E-state index is 11.5. The van der Waals surface area contributed by atoms with E-state index in [9.17, 15) is 4.79 Å². The van der Waals surface area contributed by atoms with Crippen LogP contribution in [0, 0.1) is 24.2 Å². The molecule has 1 heteroatoms. The normalized spacial score (nSPS) is 28.0. The molecule has 1 fully saturated rings. The molecule has 1 nitrogen and oxygen atoms in total. The van der Waals surface area contributed by atoms with Crippen LogP contribution >= 0.6 is 0 Å². The van der Waals surface area contributed by atoms with Crippen molar-refractivity contribution in [1.82, 2.24) is 0 Å². The lowest BCUT2D eigenvalue weighted by atomic mass is 9.78. The van der Waals surface area contributed by atoms with Crippen molar-refractivity contribution in [1.29, 1.82) is 0 Å². The van der Waals surface area contributed by atoms with E-state index in [1.54, 1.807) is 0 Å².